The lowest BCUT2D eigenvalue weighted by molar-refractivity contribution is -0.272. The highest BCUT2D eigenvalue weighted by atomic mass is 19.4. The number of carboxylic acids is 1. The van der Waals surface area contributed by atoms with E-state index in [-0.39, 0.29) is 0 Å². The lowest BCUT2D eigenvalue weighted by Gasteiger charge is -2.28. The Morgan fingerprint density at radius 1 is 1.56 bits per heavy atom. The zero-order valence-corrected chi connectivity index (χ0v) is 8.19. The maximum atomic E-state index is 12.6. The van der Waals surface area contributed by atoms with Crippen LogP contribution in [0.4, 0.5) is 13.2 Å². The summed E-state index contributed by atoms with van der Waals surface area (Å²) in [7, 11) is 1.24. The van der Waals surface area contributed by atoms with Crippen molar-refractivity contribution in [1.29, 1.82) is 0 Å². The highest BCUT2D eigenvalue weighted by Crippen LogP contribution is 2.40. The van der Waals surface area contributed by atoms with Gasteiger partial charge in [-0.3, -0.25) is 4.79 Å². The summed E-state index contributed by atoms with van der Waals surface area (Å²) >= 11 is 0. The molecule has 1 atom stereocenters. The Morgan fingerprint density at radius 3 is 2.44 bits per heavy atom. The smallest absolute Gasteiger partial charge is 0.425 e. The van der Waals surface area contributed by atoms with E-state index in [1.165, 1.54) is 13.2 Å². The molecule has 0 aliphatic carbocycles. The Kier molecular flexibility index (Phi) is 2.95. The van der Waals surface area contributed by atoms with E-state index in [1.54, 1.807) is 0 Å². The molecule has 5 nitrogen and oxygen atoms in total. The van der Waals surface area contributed by atoms with E-state index in [0.717, 1.165) is 10.8 Å². The van der Waals surface area contributed by atoms with Crippen LogP contribution in [-0.2, 0) is 17.4 Å². The summed E-state index contributed by atoms with van der Waals surface area (Å²) in [4.78, 5) is 13.7. The Morgan fingerprint density at radius 2 is 2.12 bits per heavy atom. The largest absolute Gasteiger partial charge is 0.481 e. The monoisotopic (exact) mass is 238 g/mol. The van der Waals surface area contributed by atoms with E-state index in [1.807, 2.05) is 0 Å². The van der Waals surface area contributed by atoms with E-state index in [0.29, 0.717) is 0 Å². The van der Waals surface area contributed by atoms with Gasteiger partial charge in [0.05, 0.1) is 6.42 Å². The van der Waals surface area contributed by atoms with Crippen LogP contribution in [0.15, 0.2) is 12.4 Å². The topological polar surface area (TPSA) is 75.3 Å². The lowest BCUT2D eigenvalue weighted by Crippen LogP contribution is -2.46. The number of imidazole rings is 1. The average Bonchev–Trinajstić information content (AvgIpc) is 2.48. The second kappa shape index (κ2) is 3.78. The molecule has 90 valence electrons. The third kappa shape index (κ3) is 2.01. The van der Waals surface area contributed by atoms with Gasteiger partial charge in [-0.25, -0.2) is 4.98 Å². The van der Waals surface area contributed by atoms with Crippen LogP contribution in [0.25, 0.3) is 0 Å². The normalized spacial score (nSPS) is 15.8. The molecule has 1 aromatic heterocycles. The van der Waals surface area contributed by atoms with Crippen molar-refractivity contribution in [1.82, 2.24) is 9.55 Å². The first-order chi connectivity index (χ1) is 7.18. The molecule has 16 heavy (non-hydrogen) atoms. The maximum absolute atomic E-state index is 12.6. The molecule has 0 radical (unpaired) electrons. The van der Waals surface area contributed by atoms with E-state index < -0.39 is 30.0 Å². The van der Waals surface area contributed by atoms with Gasteiger partial charge in [0.15, 0.2) is 5.82 Å². The van der Waals surface area contributed by atoms with Crippen LogP contribution in [0.1, 0.15) is 12.2 Å². The molecule has 0 saturated heterocycles. The van der Waals surface area contributed by atoms with Gasteiger partial charge in [0.25, 0.3) is 0 Å². The van der Waals surface area contributed by atoms with E-state index >= 15 is 0 Å². The number of carbonyl (C=O) groups is 1. The van der Waals surface area contributed by atoms with E-state index in [9.17, 15) is 23.1 Å². The van der Waals surface area contributed by atoms with Crippen molar-refractivity contribution >= 4 is 5.97 Å². The van der Waals surface area contributed by atoms with Crippen LogP contribution >= 0.6 is 0 Å². The molecule has 1 heterocycles. The molecular weight excluding hydrogens is 229 g/mol. The van der Waals surface area contributed by atoms with Gasteiger partial charge in [-0.2, -0.15) is 13.2 Å². The first-order valence-corrected chi connectivity index (χ1v) is 4.17. The number of halogens is 3. The molecule has 0 bridgehead atoms. The van der Waals surface area contributed by atoms with Gasteiger partial charge in [0.2, 0.25) is 5.60 Å². The summed E-state index contributed by atoms with van der Waals surface area (Å²) in [6, 6.07) is 0. The molecule has 0 aromatic carbocycles. The molecule has 0 saturated carbocycles. The lowest BCUT2D eigenvalue weighted by atomic mass is 9.98. The number of rotatable bonds is 3. The summed E-state index contributed by atoms with van der Waals surface area (Å²) in [5, 5.41) is 17.9. The Hall–Kier alpha value is -1.57. The fraction of sp³-hybridized carbons (Fsp3) is 0.500. The fourth-order valence-electron chi connectivity index (χ4n) is 1.29. The third-order valence-corrected chi connectivity index (χ3v) is 2.07. The summed E-state index contributed by atoms with van der Waals surface area (Å²) in [5.41, 5.74) is -3.48. The van der Waals surface area contributed by atoms with Gasteiger partial charge in [-0.15, -0.1) is 0 Å². The molecule has 2 N–H and O–H groups in total. The zero-order valence-electron chi connectivity index (χ0n) is 8.19. The van der Waals surface area contributed by atoms with Gasteiger partial charge in [0.1, 0.15) is 0 Å². The minimum atomic E-state index is -5.11. The second-order valence-corrected chi connectivity index (χ2v) is 3.29. The van der Waals surface area contributed by atoms with Crippen molar-refractivity contribution < 1.29 is 28.2 Å². The number of aliphatic carboxylic acids is 1. The number of nitrogens with zero attached hydrogens (tertiary/aromatic N) is 2. The second-order valence-electron chi connectivity index (χ2n) is 3.29. The Balaban J connectivity index is 3.26. The number of carboxylic acid groups (broad SMARTS) is 1. The standard InChI is InChI=1S/C8H9F3N2O3/c1-13-3-2-12-6(13)7(16,4-5(14)15)8(9,10)11/h2-3,16H,4H2,1H3,(H,14,15). The molecule has 8 heteroatoms. The molecule has 0 spiro atoms. The van der Waals surface area contributed by atoms with Crippen molar-refractivity contribution in [2.75, 3.05) is 0 Å². The molecule has 1 unspecified atom stereocenters. The minimum absolute atomic E-state index is 0.748. The first kappa shape index (κ1) is 12.5. The Bertz CT molecular complexity index is 401. The number of hydrogen-bond acceptors (Lipinski definition) is 3. The first-order valence-electron chi connectivity index (χ1n) is 4.17. The van der Waals surface area contributed by atoms with Crippen LogP contribution in [0, 0.1) is 0 Å². The molecule has 0 fully saturated rings. The predicted octanol–water partition coefficient (Wildman–Crippen LogP) is 0.645. The van der Waals surface area contributed by atoms with Crippen molar-refractivity contribution in [3.05, 3.63) is 18.2 Å². The van der Waals surface area contributed by atoms with Gasteiger partial charge in [-0.1, -0.05) is 0 Å². The van der Waals surface area contributed by atoms with Gasteiger partial charge in [0, 0.05) is 19.4 Å². The SMILES string of the molecule is Cn1ccnc1C(O)(CC(=O)O)C(F)(F)F. The third-order valence-electron chi connectivity index (χ3n) is 2.07. The molecule has 0 amide bonds. The average molecular weight is 238 g/mol. The molecule has 0 aliphatic rings. The zero-order chi connectivity index (χ0) is 12.6. The van der Waals surface area contributed by atoms with Crippen LogP contribution in [0.2, 0.25) is 0 Å². The maximum Gasteiger partial charge on any atom is 0.425 e. The quantitative estimate of drug-likeness (QED) is 0.810. The highest BCUT2D eigenvalue weighted by molar-refractivity contribution is 5.68. The molecule has 1 aromatic rings. The van der Waals surface area contributed by atoms with Crippen molar-refractivity contribution in [2.24, 2.45) is 7.05 Å². The Labute approximate surface area is 88.1 Å². The minimum Gasteiger partial charge on any atom is -0.481 e. The number of aromatic nitrogens is 2. The van der Waals surface area contributed by atoms with Crippen LogP contribution in [-0.4, -0.2) is 31.9 Å². The number of aryl methyl sites for hydroxylation is 1. The summed E-state index contributed by atoms with van der Waals surface area (Å²) in [6.07, 6.45) is -4.35. The number of aliphatic hydroxyl groups is 1. The van der Waals surface area contributed by atoms with Crippen LogP contribution < -0.4 is 0 Å². The molecular formula is C8H9F3N2O3. The van der Waals surface area contributed by atoms with Crippen LogP contribution in [0.3, 0.4) is 0 Å². The van der Waals surface area contributed by atoms with Gasteiger partial charge in [-0.05, 0) is 0 Å². The summed E-state index contributed by atoms with van der Waals surface area (Å²) < 4.78 is 38.9. The number of hydrogen-bond donors (Lipinski definition) is 2. The van der Waals surface area contributed by atoms with E-state index in [2.05, 4.69) is 4.98 Å². The molecule has 0 aliphatic heterocycles. The number of alkyl halides is 3. The molecule has 1 rings (SSSR count). The van der Waals surface area contributed by atoms with Crippen molar-refractivity contribution in [3.63, 3.8) is 0 Å². The van der Waals surface area contributed by atoms with Gasteiger partial charge >= 0.3 is 12.1 Å². The fourth-order valence-corrected chi connectivity index (χ4v) is 1.29. The highest BCUT2D eigenvalue weighted by Gasteiger charge is 2.58. The van der Waals surface area contributed by atoms with Crippen molar-refractivity contribution in [3.8, 4) is 0 Å². The predicted molar refractivity (Wildman–Crippen MR) is 45.4 cm³/mol. The summed E-state index contributed by atoms with van der Waals surface area (Å²) in [6.45, 7) is 0. The van der Waals surface area contributed by atoms with Crippen molar-refractivity contribution in [2.45, 2.75) is 18.2 Å². The summed E-state index contributed by atoms with van der Waals surface area (Å²) in [5.74, 6) is -2.51. The van der Waals surface area contributed by atoms with Gasteiger partial charge < -0.3 is 14.8 Å². The van der Waals surface area contributed by atoms with E-state index in [4.69, 9.17) is 5.11 Å². The van der Waals surface area contributed by atoms with Crippen LogP contribution in [0.5, 0.6) is 0 Å².